The Bertz CT molecular complexity index is 451. The summed E-state index contributed by atoms with van der Waals surface area (Å²) in [5, 5.41) is 7.54. The van der Waals surface area contributed by atoms with Gasteiger partial charge in [0.15, 0.2) is 0 Å². The van der Waals surface area contributed by atoms with Crippen molar-refractivity contribution in [1.82, 2.24) is 10.6 Å². The Kier molecular flexibility index (Phi) is 5.49. The number of hydrogen-bond acceptors (Lipinski definition) is 2. The van der Waals surface area contributed by atoms with Crippen LogP contribution in [-0.2, 0) is 11.2 Å². The summed E-state index contributed by atoms with van der Waals surface area (Å²) in [5.74, 6) is 0.111. The zero-order chi connectivity index (χ0) is 13.7. The van der Waals surface area contributed by atoms with Crippen molar-refractivity contribution in [3.05, 3.63) is 33.8 Å². The summed E-state index contributed by atoms with van der Waals surface area (Å²) in [4.78, 5) is 11.8. The minimum Gasteiger partial charge on any atom is -0.355 e. The van der Waals surface area contributed by atoms with E-state index in [0.29, 0.717) is 10.0 Å². The van der Waals surface area contributed by atoms with E-state index in [9.17, 15) is 4.79 Å². The van der Waals surface area contributed by atoms with Gasteiger partial charge in [-0.25, -0.2) is 0 Å². The van der Waals surface area contributed by atoms with Crippen molar-refractivity contribution < 1.29 is 4.79 Å². The third-order valence-electron chi connectivity index (χ3n) is 3.34. The molecule has 0 radical (unpaired) electrons. The fourth-order valence-electron chi connectivity index (χ4n) is 2.24. The van der Waals surface area contributed by atoms with Gasteiger partial charge in [0.25, 0.3) is 0 Å². The number of rotatable bonds is 4. The molecule has 1 aromatic carbocycles. The minimum atomic E-state index is -0.0754. The molecule has 1 atom stereocenters. The highest BCUT2D eigenvalue weighted by Crippen LogP contribution is 2.21. The lowest BCUT2D eigenvalue weighted by atomic mass is 10.1. The Morgan fingerprint density at radius 2 is 2.16 bits per heavy atom. The van der Waals surface area contributed by atoms with Crippen molar-refractivity contribution in [2.45, 2.75) is 31.7 Å². The number of benzene rings is 1. The molecule has 0 aromatic heterocycles. The van der Waals surface area contributed by atoms with Crippen LogP contribution in [0.3, 0.4) is 0 Å². The van der Waals surface area contributed by atoms with E-state index in [1.165, 1.54) is 0 Å². The second kappa shape index (κ2) is 7.13. The highest BCUT2D eigenvalue weighted by molar-refractivity contribution is 6.35. The number of nitrogens with one attached hydrogen (secondary N) is 2. The predicted octanol–water partition coefficient (Wildman–Crippen LogP) is 2.79. The molecule has 1 saturated heterocycles. The molecule has 3 nitrogen and oxygen atoms in total. The Morgan fingerprint density at radius 3 is 2.95 bits per heavy atom. The molecule has 104 valence electrons. The second-order valence-electron chi connectivity index (χ2n) is 4.78. The van der Waals surface area contributed by atoms with Crippen LogP contribution in [0.2, 0.25) is 10.0 Å². The van der Waals surface area contributed by atoms with Crippen molar-refractivity contribution in [2.75, 3.05) is 13.1 Å². The maximum absolute atomic E-state index is 11.8. The van der Waals surface area contributed by atoms with Gasteiger partial charge in [0.2, 0.25) is 5.91 Å². The number of hydrogen-bond donors (Lipinski definition) is 2. The van der Waals surface area contributed by atoms with E-state index in [2.05, 4.69) is 10.6 Å². The minimum absolute atomic E-state index is 0.0754. The molecule has 1 aliphatic heterocycles. The van der Waals surface area contributed by atoms with E-state index in [1.807, 2.05) is 12.1 Å². The summed E-state index contributed by atoms with van der Waals surface area (Å²) in [6, 6.07) is 5.44. The molecule has 19 heavy (non-hydrogen) atoms. The highest BCUT2D eigenvalue weighted by atomic mass is 35.5. The molecule has 0 aliphatic carbocycles. The van der Waals surface area contributed by atoms with Gasteiger partial charge in [0.1, 0.15) is 0 Å². The Balaban J connectivity index is 1.83. The molecular formula is C14H18Cl2N2O. The van der Waals surface area contributed by atoms with E-state index >= 15 is 0 Å². The van der Waals surface area contributed by atoms with Gasteiger partial charge in [0, 0.05) is 16.6 Å². The molecule has 1 heterocycles. The van der Waals surface area contributed by atoms with Crippen molar-refractivity contribution in [3.8, 4) is 0 Å². The van der Waals surface area contributed by atoms with Crippen molar-refractivity contribution in [3.63, 3.8) is 0 Å². The summed E-state index contributed by atoms with van der Waals surface area (Å²) in [5.41, 5.74) is 1.05. The number of halogens is 2. The van der Waals surface area contributed by atoms with Gasteiger partial charge in [-0.05, 0) is 49.9 Å². The van der Waals surface area contributed by atoms with Crippen molar-refractivity contribution in [2.24, 2.45) is 0 Å². The molecule has 1 amide bonds. The molecule has 0 bridgehead atoms. The van der Waals surface area contributed by atoms with Gasteiger partial charge in [-0.3, -0.25) is 4.79 Å². The largest absolute Gasteiger partial charge is 0.355 e. The number of amides is 1. The summed E-state index contributed by atoms with van der Waals surface area (Å²) >= 11 is 12.0. The lowest BCUT2D eigenvalue weighted by molar-refractivity contribution is -0.122. The van der Waals surface area contributed by atoms with Crippen LogP contribution in [0.15, 0.2) is 18.2 Å². The lowest BCUT2D eigenvalue weighted by Gasteiger charge is -2.15. The second-order valence-corrected chi connectivity index (χ2v) is 5.62. The Labute approximate surface area is 123 Å². The summed E-state index contributed by atoms with van der Waals surface area (Å²) < 4.78 is 0. The Morgan fingerprint density at radius 1 is 1.32 bits per heavy atom. The first-order valence-electron chi connectivity index (χ1n) is 6.62. The van der Waals surface area contributed by atoms with Crippen LogP contribution in [0, 0.1) is 0 Å². The molecule has 2 rings (SSSR count). The van der Waals surface area contributed by atoms with Gasteiger partial charge >= 0.3 is 0 Å². The van der Waals surface area contributed by atoms with Gasteiger partial charge in [0.05, 0.1) is 6.04 Å². The molecule has 0 saturated carbocycles. The first kappa shape index (κ1) is 14.6. The van der Waals surface area contributed by atoms with E-state index in [1.54, 1.807) is 6.07 Å². The van der Waals surface area contributed by atoms with E-state index in [0.717, 1.165) is 44.3 Å². The number of carbonyl (C=O) groups is 1. The average Bonchev–Trinajstić information content (AvgIpc) is 2.57. The Hall–Kier alpha value is -0.770. The maximum Gasteiger partial charge on any atom is 0.237 e. The summed E-state index contributed by atoms with van der Waals surface area (Å²) in [6.07, 6.45) is 3.84. The van der Waals surface area contributed by atoms with E-state index in [-0.39, 0.29) is 11.9 Å². The topological polar surface area (TPSA) is 41.1 Å². The van der Waals surface area contributed by atoms with Crippen LogP contribution in [0.5, 0.6) is 0 Å². The van der Waals surface area contributed by atoms with Crippen LogP contribution in [-0.4, -0.2) is 25.0 Å². The zero-order valence-corrected chi connectivity index (χ0v) is 12.2. The molecule has 2 N–H and O–H groups in total. The first-order valence-corrected chi connectivity index (χ1v) is 7.37. The highest BCUT2D eigenvalue weighted by Gasteiger charge is 2.19. The molecule has 1 unspecified atom stereocenters. The fraction of sp³-hybridized carbons (Fsp3) is 0.500. The molecule has 0 spiro atoms. The van der Waals surface area contributed by atoms with Gasteiger partial charge in [-0.1, -0.05) is 29.3 Å². The molecule has 1 aromatic rings. The van der Waals surface area contributed by atoms with Crippen LogP contribution in [0.1, 0.15) is 24.8 Å². The molecule has 1 fully saturated rings. The smallest absolute Gasteiger partial charge is 0.237 e. The van der Waals surface area contributed by atoms with E-state index in [4.69, 9.17) is 23.2 Å². The van der Waals surface area contributed by atoms with Gasteiger partial charge in [-0.2, -0.15) is 0 Å². The van der Waals surface area contributed by atoms with Crippen LogP contribution < -0.4 is 10.6 Å². The van der Waals surface area contributed by atoms with Gasteiger partial charge < -0.3 is 10.6 Å². The summed E-state index contributed by atoms with van der Waals surface area (Å²) in [7, 11) is 0. The average molecular weight is 301 g/mol. The standard InChI is InChI=1S/C14H18Cl2N2O/c15-11-5-4-10(12(16)9-11)6-8-17-13-3-1-2-7-18-14(13)19/h4-5,9,13,17H,1-3,6-8H2,(H,18,19). The van der Waals surface area contributed by atoms with Crippen LogP contribution >= 0.6 is 23.2 Å². The maximum atomic E-state index is 11.8. The van der Waals surface area contributed by atoms with Crippen LogP contribution in [0.25, 0.3) is 0 Å². The van der Waals surface area contributed by atoms with E-state index < -0.39 is 0 Å². The lowest BCUT2D eigenvalue weighted by Crippen LogP contribution is -2.43. The number of carbonyl (C=O) groups excluding carboxylic acids is 1. The van der Waals surface area contributed by atoms with Gasteiger partial charge in [-0.15, -0.1) is 0 Å². The molecular weight excluding hydrogens is 283 g/mol. The normalized spacial score (nSPS) is 19.9. The van der Waals surface area contributed by atoms with Crippen molar-refractivity contribution in [1.29, 1.82) is 0 Å². The monoisotopic (exact) mass is 300 g/mol. The fourth-order valence-corrected chi connectivity index (χ4v) is 2.74. The van der Waals surface area contributed by atoms with Crippen LogP contribution in [0.4, 0.5) is 0 Å². The first-order chi connectivity index (χ1) is 9.16. The third-order valence-corrected chi connectivity index (χ3v) is 3.92. The third kappa shape index (κ3) is 4.37. The summed E-state index contributed by atoms with van der Waals surface area (Å²) in [6.45, 7) is 1.53. The predicted molar refractivity (Wildman–Crippen MR) is 78.8 cm³/mol. The molecule has 5 heteroatoms. The SMILES string of the molecule is O=C1NCCCCC1NCCc1ccc(Cl)cc1Cl. The van der Waals surface area contributed by atoms with Crippen molar-refractivity contribution >= 4 is 29.1 Å². The quantitative estimate of drug-likeness (QED) is 0.898. The zero-order valence-electron chi connectivity index (χ0n) is 10.7. The molecule has 1 aliphatic rings.